The molecule has 200 valence electrons. The normalized spacial score (nSPS) is 29.3. The molecule has 4 rings (SSSR count). The predicted octanol–water partition coefficient (Wildman–Crippen LogP) is 0.462. The molecule has 1 fully saturated rings. The molecule has 11 heteroatoms. The number of carbonyl (C=O) groups excluding carboxylic acids is 1. The Hall–Kier alpha value is -3.19. The van der Waals surface area contributed by atoms with Gasteiger partial charge in [-0.3, -0.25) is 4.79 Å². The summed E-state index contributed by atoms with van der Waals surface area (Å²) in [4.78, 5) is 13.1. The van der Waals surface area contributed by atoms with Crippen molar-refractivity contribution in [1.82, 2.24) is 0 Å². The number of aliphatic hydroxyl groups excluding tert-OH is 5. The Bertz CT molecular complexity index is 1170. The van der Waals surface area contributed by atoms with Crippen LogP contribution >= 0.6 is 0 Å². The number of Topliss-reactive ketones (excluding diaryl/α,β-unsaturated/α-hetero) is 1. The number of hydrogen-bond donors (Lipinski definition) is 7. The second-order valence-corrected chi connectivity index (χ2v) is 9.32. The number of allylic oxidation sites excluding steroid dienone is 2. The lowest BCUT2D eigenvalue weighted by atomic mass is 9.90. The molecule has 2 aliphatic heterocycles. The third-order valence-electron chi connectivity index (χ3n) is 6.40. The smallest absolute Gasteiger partial charge is 0.229 e. The number of benzene rings is 2. The van der Waals surface area contributed by atoms with Gasteiger partial charge in [-0.2, -0.15) is 0 Å². The van der Waals surface area contributed by atoms with Gasteiger partial charge < -0.3 is 50.0 Å². The second-order valence-electron chi connectivity index (χ2n) is 9.32. The average Bonchev–Trinajstić information content (AvgIpc) is 2.86. The lowest BCUT2D eigenvalue weighted by molar-refractivity contribution is -0.277. The number of carbonyl (C=O) groups is 1. The molecule has 37 heavy (non-hydrogen) atoms. The minimum atomic E-state index is -1.71. The monoisotopic (exact) mass is 518 g/mol. The Kier molecular flexibility index (Phi) is 7.74. The topological polar surface area (TPSA) is 186 Å². The minimum absolute atomic E-state index is 0.0158. The quantitative estimate of drug-likeness (QED) is 0.263. The minimum Gasteiger partial charge on any atom is -0.508 e. The zero-order valence-electron chi connectivity index (χ0n) is 20.2. The summed E-state index contributed by atoms with van der Waals surface area (Å²) in [5.74, 6) is -1.45. The third-order valence-corrected chi connectivity index (χ3v) is 6.40. The fourth-order valence-corrected chi connectivity index (χ4v) is 4.32. The number of ether oxygens (including phenoxy) is 3. The summed E-state index contributed by atoms with van der Waals surface area (Å²) >= 11 is 0. The maximum Gasteiger partial charge on any atom is 0.229 e. The molecule has 11 nitrogen and oxygen atoms in total. The first-order chi connectivity index (χ1) is 17.5. The molecule has 0 aromatic heterocycles. The molecule has 2 heterocycles. The van der Waals surface area contributed by atoms with Crippen LogP contribution in [0.25, 0.3) is 0 Å². The van der Waals surface area contributed by atoms with Crippen LogP contribution in [0, 0.1) is 0 Å². The van der Waals surface area contributed by atoms with Crippen molar-refractivity contribution < 1.29 is 54.8 Å². The molecule has 2 aromatic carbocycles. The Balaban J connectivity index is 1.79. The zero-order valence-corrected chi connectivity index (χ0v) is 20.2. The summed E-state index contributed by atoms with van der Waals surface area (Å²) in [5, 5.41) is 71.2. The van der Waals surface area contributed by atoms with E-state index in [1.165, 1.54) is 24.3 Å². The molecule has 1 saturated heterocycles. The predicted molar refractivity (Wildman–Crippen MR) is 127 cm³/mol. The maximum absolute atomic E-state index is 13.1. The summed E-state index contributed by atoms with van der Waals surface area (Å²) in [6.07, 6.45) is -8.58. The summed E-state index contributed by atoms with van der Waals surface area (Å²) in [5.41, 5.74) is 1.35. The summed E-state index contributed by atoms with van der Waals surface area (Å²) in [7, 11) is 0. The molecule has 7 atom stereocenters. The van der Waals surface area contributed by atoms with Gasteiger partial charge in [-0.15, -0.1) is 0 Å². The number of fused-ring (bicyclic) bond motifs is 1. The Morgan fingerprint density at radius 2 is 1.70 bits per heavy atom. The fourth-order valence-electron chi connectivity index (χ4n) is 4.32. The summed E-state index contributed by atoms with van der Waals surface area (Å²) in [6.45, 7) is 3.04. The van der Waals surface area contributed by atoms with Crippen LogP contribution in [-0.4, -0.2) is 84.9 Å². The van der Waals surface area contributed by atoms with Crippen molar-refractivity contribution in [1.29, 1.82) is 0 Å². The lowest BCUT2D eigenvalue weighted by Gasteiger charge is -2.40. The molecule has 0 bridgehead atoms. The van der Waals surface area contributed by atoms with Gasteiger partial charge in [0.05, 0.1) is 6.61 Å². The summed E-state index contributed by atoms with van der Waals surface area (Å²) in [6, 6.07) is 6.86. The highest BCUT2D eigenvalue weighted by molar-refractivity contribution is 6.06. The van der Waals surface area contributed by atoms with Gasteiger partial charge in [0.1, 0.15) is 53.0 Å². The van der Waals surface area contributed by atoms with Crippen LogP contribution in [0.1, 0.15) is 41.4 Å². The van der Waals surface area contributed by atoms with E-state index >= 15 is 0 Å². The number of hydrogen-bond acceptors (Lipinski definition) is 11. The molecule has 0 spiro atoms. The van der Waals surface area contributed by atoms with Gasteiger partial charge in [0.15, 0.2) is 12.2 Å². The van der Waals surface area contributed by atoms with Crippen molar-refractivity contribution in [2.75, 3.05) is 6.61 Å². The molecule has 7 N–H and O–H groups in total. The first kappa shape index (κ1) is 26.9. The van der Waals surface area contributed by atoms with E-state index in [4.69, 9.17) is 14.2 Å². The fraction of sp³-hybridized carbons (Fsp3) is 0.423. The largest absolute Gasteiger partial charge is 0.508 e. The highest BCUT2D eigenvalue weighted by atomic mass is 16.7. The molecule has 0 aliphatic carbocycles. The van der Waals surface area contributed by atoms with Crippen molar-refractivity contribution in [3.05, 3.63) is 58.7 Å². The third kappa shape index (κ3) is 5.14. The maximum atomic E-state index is 13.1. The van der Waals surface area contributed by atoms with E-state index < -0.39 is 61.1 Å². The number of phenolic OH excluding ortho intramolecular Hbond substituents is 2. The molecule has 0 saturated carbocycles. The standard InChI is InChI=1S/C26H30O11/c1-11(2)3-8-14-16(35-26-23(34)21(32)19(30)17(10-27)36-26)9-15(29)18-20(31)22(33)24(37-25(14)18)12-4-6-13(28)7-5-12/h3-7,9,17,19,21-24,26-30,32-34H,8,10H2,1-2H3/t17-,19-,21-,22-,23-,24+,26-/m0/s1. The Morgan fingerprint density at radius 1 is 1.03 bits per heavy atom. The van der Waals surface area contributed by atoms with Crippen molar-refractivity contribution in [2.45, 2.75) is 63.2 Å². The van der Waals surface area contributed by atoms with E-state index in [2.05, 4.69) is 0 Å². The van der Waals surface area contributed by atoms with E-state index in [1.807, 2.05) is 13.8 Å². The second kappa shape index (κ2) is 10.7. The molecular formula is C26H30O11. The van der Waals surface area contributed by atoms with Gasteiger partial charge in [-0.05, 0) is 38.0 Å². The van der Waals surface area contributed by atoms with Crippen LogP contribution in [0.5, 0.6) is 23.0 Å². The molecule has 2 aromatic rings. The molecular weight excluding hydrogens is 488 g/mol. The van der Waals surface area contributed by atoms with E-state index in [9.17, 15) is 40.5 Å². The van der Waals surface area contributed by atoms with Crippen molar-refractivity contribution >= 4 is 5.78 Å². The first-order valence-electron chi connectivity index (χ1n) is 11.7. The van der Waals surface area contributed by atoms with Crippen LogP contribution in [-0.2, 0) is 11.2 Å². The van der Waals surface area contributed by atoms with Gasteiger partial charge in [-0.1, -0.05) is 23.8 Å². The lowest BCUT2D eigenvalue weighted by Crippen LogP contribution is -2.60. The first-order valence-corrected chi connectivity index (χ1v) is 11.7. The molecule has 0 radical (unpaired) electrons. The highest BCUT2D eigenvalue weighted by Crippen LogP contribution is 2.46. The number of phenols is 2. The van der Waals surface area contributed by atoms with Crippen LogP contribution in [0.15, 0.2) is 42.0 Å². The highest BCUT2D eigenvalue weighted by Gasteiger charge is 2.46. The van der Waals surface area contributed by atoms with Gasteiger partial charge in [-0.25, -0.2) is 0 Å². The zero-order chi connectivity index (χ0) is 27.0. The van der Waals surface area contributed by atoms with Crippen LogP contribution < -0.4 is 9.47 Å². The number of aliphatic hydroxyl groups is 5. The van der Waals surface area contributed by atoms with Crippen LogP contribution in [0.2, 0.25) is 0 Å². The van der Waals surface area contributed by atoms with Crippen LogP contribution in [0.3, 0.4) is 0 Å². The van der Waals surface area contributed by atoms with Crippen LogP contribution in [0.4, 0.5) is 0 Å². The van der Waals surface area contributed by atoms with Gasteiger partial charge in [0.2, 0.25) is 12.1 Å². The van der Waals surface area contributed by atoms with Crippen molar-refractivity contribution in [2.24, 2.45) is 0 Å². The summed E-state index contributed by atoms with van der Waals surface area (Å²) < 4.78 is 17.3. The van der Waals surface area contributed by atoms with E-state index in [1.54, 1.807) is 6.08 Å². The molecule has 2 aliphatic rings. The number of aromatic hydroxyl groups is 2. The number of ketones is 1. The van der Waals surface area contributed by atoms with Gasteiger partial charge in [0.25, 0.3) is 0 Å². The average molecular weight is 519 g/mol. The number of rotatable bonds is 6. The van der Waals surface area contributed by atoms with Crippen molar-refractivity contribution in [3.8, 4) is 23.0 Å². The van der Waals surface area contributed by atoms with E-state index in [0.717, 1.165) is 11.6 Å². The SMILES string of the molecule is CC(C)=CCc1c(O[C@H]2O[C@@H](CO)[C@H](O)[C@H](O)[C@@H]2O)cc(O)c2c1O[C@H](c1ccc(O)cc1)[C@@H](O)C2=O. The van der Waals surface area contributed by atoms with Crippen molar-refractivity contribution in [3.63, 3.8) is 0 Å². The van der Waals surface area contributed by atoms with E-state index in [0.29, 0.717) is 5.56 Å². The Labute approximate surface area is 212 Å². The van der Waals surface area contributed by atoms with E-state index in [-0.39, 0.29) is 34.8 Å². The molecule has 0 amide bonds. The van der Waals surface area contributed by atoms with Gasteiger partial charge >= 0.3 is 0 Å². The Morgan fingerprint density at radius 3 is 2.32 bits per heavy atom. The molecule has 0 unspecified atom stereocenters. The van der Waals surface area contributed by atoms with Gasteiger partial charge in [0, 0.05) is 11.6 Å².